The van der Waals surface area contributed by atoms with Crippen LogP contribution in [0.25, 0.3) is 0 Å². The van der Waals surface area contributed by atoms with Crippen molar-refractivity contribution in [3.63, 3.8) is 0 Å². The molecule has 2 aliphatic rings. The third-order valence-electron chi connectivity index (χ3n) is 10.3. The second-order valence-electron chi connectivity index (χ2n) is 17.4. The molecule has 1 N–H and O–H groups in total. The van der Waals surface area contributed by atoms with Gasteiger partial charge in [0.15, 0.2) is 0 Å². The van der Waals surface area contributed by atoms with E-state index in [0.717, 1.165) is 47.3 Å². The van der Waals surface area contributed by atoms with Gasteiger partial charge in [-0.05, 0) is 126 Å². The van der Waals surface area contributed by atoms with Gasteiger partial charge in [-0.15, -0.1) is 0 Å². The predicted octanol–water partition coefficient (Wildman–Crippen LogP) is 11.2. The van der Waals surface area contributed by atoms with Crippen molar-refractivity contribution in [2.75, 3.05) is 6.54 Å². The first-order chi connectivity index (χ1) is 18.3. The second kappa shape index (κ2) is 16.1. The van der Waals surface area contributed by atoms with E-state index in [1.807, 2.05) is 0 Å². The molecule has 2 saturated heterocycles. The molecule has 2 heterocycles. The van der Waals surface area contributed by atoms with Crippen LogP contribution in [-0.2, 0) is 0 Å². The minimum Gasteiger partial charge on any atom is -0.306 e. The van der Waals surface area contributed by atoms with Crippen LogP contribution in [0.5, 0.6) is 0 Å². The molecule has 0 amide bonds. The molecule has 0 aromatic carbocycles. The highest BCUT2D eigenvalue weighted by atomic mass is 15.2. The topological polar surface area (TPSA) is 15.3 Å². The zero-order chi connectivity index (χ0) is 31.1. The number of hydrogen-bond donors (Lipinski definition) is 1. The molecule has 0 spiro atoms. The van der Waals surface area contributed by atoms with Gasteiger partial charge >= 0.3 is 0 Å². The molecule has 1 unspecified atom stereocenters. The Hall–Kier alpha value is -0.0800. The zero-order valence-corrected chi connectivity index (χ0v) is 30.7. The molecule has 2 nitrogen and oxygen atoms in total. The molecule has 2 rings (SSSR count). The van der Waals surface area contributed by atoms with Crippen molar-refractivity contribution in [1.29, 1.82) is 0 Å². The van der Waals surface area contributed by atoms with Gasteiger partial charge in [0.05, 0.1) is 0 Å². The highest BCUT2D eigenvalue weighted by Gasteiger charge is 2.52. The molecule has 2 heteroatoms. The molecule has 2 aliphatic heterocycles. The molecule has 0 bridgehead atoms. The van der Waals surface area contributed by atoms with Crippen molar-refractivity contribution in [2.24, 2.45) is 47.3 Å². The number of likely N-dealkylation sites (tertiary alicyclic amines) is 1. The fourth-order valence-corrected chi connectivity index (χ4v) is 10.2. The minimum absolute atomic E-state index is 0.379. The molecule has 40 heavy (non-hydrogen) atoms. The number of piperidine rings is 2. The van der Waals surface area contributed by atoms with Crippen molar-refractivity contribution < 1.29 is 0 Å². The van der Waals surface area contributed by atoms with Crippen molar-refractivity contribution >= 4 is 0 Å². The van der Waals surface area contributed by atoms with Gasteiger partial charge in [-0.25, -0.2) is 0 Å². The monoisotopic (exact) mass is 563 g/mol. The Balaban J connectivity index is 0.000000408. The lowest BCUT2D eigenvalue weighted by Gasteiger charge is -2.60. The van der Waals surface area contributed by atoms with E-state index in [1.54, 1.807) is 0 Å². The summed E-state index contributed by atoms with van der Waals surface area (Å²) in [4.78, 5) is 2.83. The minimum atomic E-state index is 0.379. The zero-order valence-electron chi connectivity index (χ0n) is 30.7. The Morgan fingerprint density at radius 2 is 0.950 bits per heavy atom. The van der Waals surface area contributed by atoms with Crippen molar-refractivity contribution in [2.45, 2.75) is 191 Å². The largest absolute Gasteiger partial charge is 0.306 e. The van der Waals surface area contributed by atoms with Crippen LogP contribution in [0.4, 0.5) is 0 Å². The molecule has 0 saturated carbocycles. The fraction of sp³-hybridized carbons (Fsp3) is 1.00. The predicted molar refractivity (Wildman–Crippen MR) is 182 cm³/mol. The van der Waals surface area contributed by atoms with Gasteiger partial charge in [-0.1, -0.05) is 96.9 Å². The van der Waals surface area contributed by atoms with Gasteiger partial charge < -0.3 is 5.32 Å². The Labute approximate surface area is 255 Å². The first kappa shape index (κ1) is 37.9. The van der Waals surface area contributed by atoms with Gasteiger partial charge in [0.1, 0.15) is 0 Å². The number of nitrogens with zero attached hydrogens (tertiary/aromatic N) is 1. The number of nitrogens with one attached hydrogen (secondary N) is 1. The highest BCUT2D eigenvalue weighted by Crippen LogP contribution is 2.48. The average molecular weight is 563 g/mol. The van der Waals surface area contributed by atoms with Crippen molar-refractivity contribution in [1.82, 2.24) is 10.2 Å². The highest BCUT2D eigenvalue weighted by molar-refractivity contribution is 5.06. The summed E-state index contributed by atoms with van der Waals surface area (Å²) in [5, 5.41) is 4.31. The van der Waals surface area contributed by atoms with Gasteiger partial charge in [-0.2, -0.15) is 0 Å². The molecule has 1 atom stereocenters. The van der Waals surface area contributed by atoms with Crippen molar-refractivity contribution in [3.05, 3.63) is 0 Å². The average Bonchev–Trinajstić information content (AvgIpc) is 2.75. The molecule has 0 radical (unpaired) electrons. The lowest BCUT2D eigenvalue weighted by molar-refractivity contribution is -0.105. The van der Waals surface area contributed by atoms with Gasteiger partial charge in [0.2, 0.25) is 0 Å². The van der Waals surface area contributed by atoms with Gasteiger partial charge in [-0.3, -0.25) is 4.90 Å². The summed E-state index contributed by atoms with van der Waals surface area (Å²) < 4.78 is 0. The summed E-state index contributed by atoms with van der Waals surface area (Å²) >= 11 is 0. The number of hydrogen-bond acceptors (Lipinski definition) is 2. The van der Waals surface area contributed by atoms with Crippen LogP contribution in [0.1, 0.15) is 169 Å². The van der Waals surface area contributed by atoms with Crippen LogP contribution < -0.4 is 5.32 Å². The van der Waals surface area contributed by atoms with Crippen LogP contribution in [0.3, 0.4) is 0 Å². The van der Waals surface area contributed by atoms with Gasteiger partial charge in [0, 0.05) is 22.7 Å². The van der Waals surface area contributed by atoms with Crippen LogP contribution in [0.15, 0.2) is 0 Å². The SMILES string of the molecule is CC(C)C1CCCN(C(C)C)C1(C(C)C)C(C)C.CC(C)CC1(CC(C)C)CCCC(CC(C)C)(CC(C)C)N1. The second-order valence-corrected chi connectivity index (χ2v) is 17.4. The fourth-order valence-electron chi connectivity index (χ4n) is 10.2. The maximum absolute atomic E-state index is 4.31. The normalized spacial score (nSPS) is 23.2. The Morgan fingerprint density at radius 3 is 1.23 bits per heavy atom. The van der Waals surface area contributed by atoms with E-state index in [9.17, 15) is 0 Å². The van der Waals surface area contributed by atoms with Crippen LogP contribution >= 0.6 is 0 Å². The third kappa shape index (κ3) is 9.99. The number of rotatable bonds is 12. The lowest BCUT2D eigenvalue weighted by atomic mass is 9.60. The third-order valence-corrected chi connectivity index (χ3v) is 10.3. The van der Waals surface area contributed by atoms with Crippen LogP contribution in [-0.4, -0.2) is 34.1 Å². The smallest absolute Gasteiger partial charge is 0.0288 e. The summed E-state index contributed by atoms with van der Waals surface area (Å²) in [6.45, 7) is 39.8. The lowest BCUT2D eigenvalue weighted by Crippen LogP contribution is -2.66. The van der Waals surface area contributed by atoms with E-state index >= 15 is 0 Å². The summed E-state index contributed by atoms with van der Waals surface area (Å²) in [6, 6.07) is 0.663. The van der Waals surface area contributed by atoms with Gasteiger partial charge in [0.25, 0.3) is 0 Å². The molecule has 0 aromatic rings. The molecule has 0 aliphatic carbocycles. The maximum atomic E-state index is 4.31. The van der Waals surface area contributed by atoms with Crippen LogP contribution in [0.2, 0.25) is 0 Å². The van der Waals surface area contributed by atoms with E-state index in [4.69, 9.17) is 0 Å². The molecular formula is C38H78N2. The van der Waals surface area contributed by atoms with E-state index in [-0.39, 0.29) is 0 Å². The quantitative estimate of drug-likeness (QED) is 0.254. The van der Waals surface area contributed by atoms with E-state index in [2.05, 4.69) is 121 Å². The molecule has 0 aromatic heterocycles. The first-order valence-corrected chi connectivity index (χ1v) is 17.9. The maximum Gasteiger partial charge on any atom is 0.0288 e. The molecular weight excluding hydrogens is 484 g/mol. The first-order valence-electron chi connectivity index (χ1n) is 17.9. The van der Waals surface area contributed by atoms with Crippen LogP contribution in [0, 0.1) is 47.3 Å². The van der Waals surface area contributed by atoms with E-state index in [0.29, 0.717) is 22.7 Å². The summed E-state index contributed by atoms with van der Waals surface area (Å²) in [5.74, 6) is 6.20. The summed E-state index contributed by atoms with van der Waals surface area (Å²) in [6.07, 6.45) is 12.3. The molecule has 2 fully saturated rings. The Morgan fingerprint density at radius 1 is 0.575 bits per heavy atom. The Bertz CT molecular complexity index is 608. The summed E-state index contributed by atoms with van der Waals surface area (Å²) in [7, 11) is 0. The summed E-state index contributed by atoms with van der Waals surface area (Å²) in [5.41, 5.74) is 1.15. The molecule has 240 valence electrons. The van der Waals surface area contributed by atoms with E-state index in [1.165, 1.54) is 64.3 Å². The standard InChI is InChI=1S/C21H43N.C17H35N/c1-16(2)12-20(13-17(3)4)10-9-11-21(22-20,14-18(5)6)15-19(7)8;1-12(2)16-10-9-11-18(15(7)8)17(16,13(3)4)14(5)6/h16-19,22H,9-15H2,1-8H3;12-16H,9-11H2,1-8H3. The van der Waals surface area contributed by atoms with E-state index < -0.39 is 0 Å². The Kier molecular flexibility index (Phi) is 15.3. The van der Waals surface area contributed by atoms with Crippen molar-refractivity contribution in [3.8, 4) is 0 Å².